The summed E-state index contributed by atoms with van der Waals surface area (Å²) in [5, 5.41) is 9.15. The van der Waals surface area contributed by atoms with Gasteiger partial charge in [0, 0.05) is 12.7 Å². The molecule has 6 heteroatoms. The van der Waals surface area contributed by atoms with Crippen LogP contribution in [0.15, 0.2) is 18.3 Å². The van der Waals surface area contributed by atoms with Gasteiger partial charge < -0.3 is 14.7 Å². The first-order valence-corrected chi connectivity index (χ1v) is 5.33. The summed E-state index contributed by atoms with van der Waals surface area (Å²) in [5.74, 6) is -0.887. The molecule has 0 aliphatic carbocycles. The van der Waals surface area contributed by atoms with E-state index in [0.29, 0.717) is 25.3 Å². The lowest BCUT2D eigenvalue weighted by molar-refractivity contribution is -0.0184. The summed E-state index contributed by atoms with van der Waals surface area (Å²) in [4.78, 5) is 17.0. The van der Waals surface area contributed by atoms with Gasteiger partial charge >= 0.3 is 0 Å². The fraction of sp³-hybridized carbons (Fsp3) is 0.455. The maximum Gasteiger partial charge on any atom is 0.255 e. The minimum absolute atomic E-state index is 0.152. The normalized spacial score (nSPS) is 20.4. The molecular weight excluding hydrogens is 227 g/mol. The summed E-state index contributed by atoms with van der Waals surface area (Å²) in [6.45, 7) is 1.02. The largest absolute Gasteiger partial charge is 0.394 e. The molecule has 2 heterocycles. The highest BCUT2D eigenvalue weighted by atomic mass is 19.1. The van der Waals surface area contributed by atoms with E-state index in [-0.39, 0.29) is 18.6 Å². The molecule has 92 valence electrons. The number of nitrogens with zero attached hydrogens (tertiary/aromatic N) is 2. The zero-order chi connectivity index (χ0) is 12.3. The summed E-state index contributed by atoms with van der Waals surface area (Å²) in [5.41, 5.74) is 0.312. The van der Waals surface area contributed by atoms with E-state index >= 15 is 0 Å². The molecule has 2 rings (SSSR count). The van der Waals surface area contributed by atoms with E-state index in [1.165, 1.54) is 17.2 Å². The molecule has 0 saturated carbocycles. The number of morpholine rings is 1. The van der Waals surface area contributed by atoms with Crippen molar-refractivity contribution in [2.45, 2.75) is 6.04 Å². The fourth-order valence-corrected chi connectivity index (χ4v) is 1.74. The Hall–Kier alpha value is -1.53. The molecule has 1 unspecified atom stereocenters. The fourth-order valence-electron chi connectivity index (χ4n) is 1.74. The quantitative estimate of drug-likeness (QED) is 0.742. The maximum atomic E-state index is 12.6. The first kappa shape index (κ1) is 11.9. The molecule has 0 aromatic carbocycles. The lowest BCUT2D eigenvalue weighted by Gasteiger charge is -2.34. The molecule has 0 spiro atoms. The molecule has 1 atom stereocenters. The van der Waals surface area contributed by atoms with E-state index in [9.17, 15) is 9.18 Å². The Labute approximate surface area is 97.8 Å². The minimum Gasteiger partial charge on any atom is -0.394 e. The van der Waals surface area contributed by atoms with E-state index < -0.39 is 5.95 Å². The van der Waals surface area contributed by atoms with Crippen LogP contribution in [0.5, 0.6) is 0 Å². The summed E-state index contributed by atoms with van der Waals surface area (Å²) in [6, 6.07) is 2.18. The van der Waals surface area contributed by atoms with Gasteiger partial charge in [-0.25, -0.2) is 4.98 Å². The van der Waals surface area contributed by atoms with Gasteiger partial charge in [-0.1, -0.05) is 0 Å². The molecule has 1 aliphatic heterocycles. The van der Waals surface area contributed by atoms with E-state index in [1.807, 2.05) is 0 Å². The lowest BCUT2D eigenvalue weighted by atomic mass is 10.2. The van der Waals surface area contributed by atoms with Crippen LogP contribution in [-0.4, -0.2) is 53.3 Å². The first-order chi connectivity index (χ1) is 8.22. The van der Waals surface area contributed by atoms with Gasteiger partial charge in [-0.15, -0.1) is 0 Å². The Kier molecular flexibility index (Phi) is 3.65. The second-order valence-corrected chi connectivity index (χ2v) is 3.78. The minimum atomic E-state index is -0.623. The van der Waals surface area contributed by atoms with Crippen LogP contribution in [0.25, 0.3) is 0 Å². The molecule has 0 bridgehead atoms. The van der Waals surface area contributed by atoms with Gasteiger partial charge in [0.15, 0.2) is 0 Å². The zero-order valence-corrected chi connectivity index (χ0v) is 9.17. The highest BCUT2D eigenvalue weighted by Crippen LogP contribution is 2.12. The number of aliphatic hydroxyl groups excluding tert-OH is 1. The summed E-state index contributed by atoms with van der Waals surface area (Å²) < 4.78 is 17.8. The predicted octanol–water partition coefficient (Wildman–Crippen LogP) is 0.0540. The molecule has 0 radical (unpaired) electrons. The highest BCUT2D eigenvalue weighted by molar-refractivity contribution is 5.94. The van der Waals surface area contributed by atoms with Crippen LogP contribution in [0.1, 0.15) is 10.4 Å². The Balaban J connectivity index is 2.15. The van der Waals surface area contributed by atoms with Crippen molar-refractivity contribution >= 4 is 5.91 Å². The molecule has 1 aromatic rings. The molecule has 1 aliphatic rings. The van der Waals surface area contributed by atoms with E-state index in [2.05, 4.69) is 4.98 Å². The smallest absolute Gasteiger partial charge is 0.255 e. The standard InChI is InChI=1S/C11H13FN2O3/c12-10-2-1-8(5-13-10)11(16)14-3-4-17-7-9(14)6-15/h1-2,5,9,15H,3-4,6-7H2. The Bertz CT molecular complexity index is 396. The Morgan fingerprint density at radius 3 is 3.12 bits per heavy atom. The third kappa shape index (κ3) is 2.59. The maximum absolute atomic E-state index is 12.6. The summed E-state index contributed by atoms with van der Waals surface area (Å²) in [6.07, 6.45) is 1.20. The van der Waals surface area contributed by atoms with E-state index in [0.717, 1.165) is 6.07 Å². The molecular formula is C11H13FN2O3. The summed E-state index contributed by atoms with van der Waals surface area (Å²) >= 11 is 0. The van der Waals surface area contributed by atoms with Gasteiger partial charge in [0.05, 0.1) is 31.4 Å². The van der Waals surface area contributed by atoms with Crippen molar-refractivity contribution in [2.75, 3.05) is 26.4 Å². The molecule has 1 N–H and O–H groups in total. The average molecular weight is 240 g/mol. The second kappa shape index (κ2) is 5.20. The Morgan fingerprint density at radius 1 is 1.65 bits per heavy atom. The van der Waals surface area contributed by atoms with Crippen LogP contribution < -0.4 is 0 Å². The molecule has 1 fully saturated rings. The average Bonchev–Trinajstić information content (AvgIpc) is 2.39. The molecule has 1 amide bonds. The molecule has 17 heavy (non-hydrogen) atoms. The van der Waals surface area contributed by atoms with Crippen molar-refractivity contribution in [1.82, 2.24) is 9.88 Å². The van der Waals surface area contributed by atoms with Gasteiger partial charge in [-0.05, 0) is 12.1 Å². The van der Waals surface area contributed by atoms with Gasteiger partial charge in [0.1, 0.15) is 0 Å². The topological polar surface area (TPSA) is 62.7 Å². The highest BCUT2D eigenvalue weighted by Gasteiger charge is 2.27. The van der Waals surface area contributed by atoms with Crippen molar-refractivity contribution in [3.8, 4) is 0 Å². The number of hydrogen-bond donors (Lipinski definition) is 1. The lowest BCUT2D eigenvalue weighted by Crippen LogP contribution is -2.50. The third-order valence-electron chi connectivity index (χ3n) is 2.67. The number of halogens is 1. The number of amides is 1. The Morgan fingerprint density at radius 2 is 2.47 bits per heavy atom. The van der Waals surface area contributed by atoms with Gasteiger partial charge in [-0.2, -0.15) is 4.39 Å². The van der Waals surface area contributed by atoms with Crippen molar-refractivity contribution in [2.24, 2.45) is 0 Å². The van der Waals surface area contributed by atoms with Gasteiger partial charge in [-0.3, -0.25) is 4.79 Å². The monoisotopic (exact) mass is 240 g/mol. The number of pyridine rings is 1. The molecule has 5 nitrogen and oxygen atoms in total. The van der Waals surface area contributed by atoms with Crippen LogP contribution >= 0.6 is 0 Å². The van der Waals surface area contributed by atoms with E-state index in [1.54, 1.807) is 0 Å². The van der Waals surface area contributed by atoms with Crippen LogP contribution in [0.2, 0.25) is 0 Å². The van der Waals surface area contributed by atoms with Crippen LogP contribution in [-0.2, 0) is 4.74 Å². The van der Waals surface area contributed by atoms with E-state index in [4.69, 9.17) is 9.84 Å². The summed E-state index contributed by atoms with van der Waals surface area (Å²) in [7, 11) is 0. The number of rotatable bonds is 2. The number of aromatic nitrogens is 1. The number of carbonyl (C=O) groups excluding carboxylic acids is 1. The number of aliphatic hydroxyl groups is 1. The number of ether oxygens (including phenoxy) is 1. The predicted molar refractivity (Wildman–Crippen MR) is 56.9 cm³/mol. The second-order valence-electron chi connectivity index (χ2n) is 3.78. The van der Waals surface area contributed by atoms with Crippen molar-refractivity contribution in [3.05, 3.63) is 29.8 Å². The van der Waals surface area contributed by atoms with Gasteiger partial charge in [0.25, 0.3) is 5.91 Å². The van der Waals surface area contributed by atoms with Crippen LogP contribution in [0, 0.1) is 5.95 Å². The third-order valence-corrected chi connectivity index (χ3v) is 2.67. The molecule has 1 saturated heterocycles. The van der Waals surface area contributed by atoms with Crippen molar-refractivity contribution in [3.63, 3.8) is 0 Å². The zero-order valence-electron chi connectivity index (χ0n) is 9.17. The molecule has 1 aromatic heterocycles. The SMILES string of the molecule is O=C(c1ccc(F)nc1)N1CCOCC1CO. The van der Waals surface area contributed by atoms with Gasteiger partial charge in [0.2, 0.25) is 5.95 Å². The number of hydrogen-bond acceptors (Lipinski definition) is 4. The van der Waals surface area contributed by atoms with Crippen molar-refractivity contribution in [1.29, 1.82) is 0 Å². The van der Waals surface area contributed by atoms with Crippen molar-refractivity contribution < 1.29 is 19.0 Å². The van der Waals surface area contributed by atoms with Crippen LogP contribution in [0.4, 0.5) is 4.39 Å². The first-order valence-electron chi connectivity index (χ1n) is 5.33. The van der Waals surface area contributed by atoms with Crippen LogP contribution in [0.3, 0.4) is 0 Å². The number of carbonyl (C=O) groups is 1.